The molecule has 96 valence electrons. The van der Waals surface area contributed by atoms with Crippen LogP contribution >= 0.6 is 0 Å². The van der Waals surface area contributed by atoms with Crippen molar-refractivity contribution >= 4 is 0 Å². The van der Waals surface area contributed by atoms with Gasteiger partial charge in [-0.25, -0.2) is 4.68 Å². The lowest BCUT2D eigenvalue weighted by Crippen LogP contribution is -2.10. The Hall–Kier alpha value is -1.61. The Morgan fingerprint density at radius 1 is 1.17 bits per heavy atom. The molecule has 1 aromatic heterocycles. The fraction of sp³-hybridized carbons (Fsp3) is 0.400. The van der Waals surface area contributed by atoms with E-state index in [1.54, 1.807) is 0 Å². The van der Waals surface area contributed by atoms with Gasteiger partial charge in [-0.1, -0.05) is 24.6 Å². The van der Waals surface area contributed by atoms with Crippen LogP contribution in [0.4, 0.5) is 0 Å². The van der Waals surface area contributed by atoms with Crippen LogP contribution in [0.1, 0.15) is 35.4 Å². The van der Waals surface area contributed by atoms with Gasteiger partial charge in [-0.2, -0.15) is 5.10 Å². The van der Waals surface area contributed by atoms with Gasteiger partial charge in [-0.3, -0.25) is 0 Å². The molecular formula is C15H21N3. The summed E-state index contributed by atoms with van der Waals surface area (Å²) < 4.78 is 2.01. The Kier molecular flexibility index (Phi) is 3.53. The van der Waals surface area contributed by atoms with Crippen LogP contribution in [0.5, 0.6) is 0 Å². The van der Waals surface area contributed by atoms with Crippen molar-refractivity contribution in [1.82, 2.24) is 9.78 Å². The number of aryl methyl sites for hydroxylation is 2. The first-order valence-corrected chi connectivity index (χ1v) is 6.37. The van der Waals surface area contributed by atoms with Gasteiger partial charge in [0.25, 0.3) is 0 Å². The van der Waals surface area contributed by atoms with Gasteiger partial charge in [-0.05, 0) is 45.4 Å². The molecule has 0 amide bonds. The van der Waals surface area contributed by atoms with Crippen LogP contribution in [-0.2, 0) is 0 Å². The summed E-state index contributed by atoms with van der Waals surface area (Å²) in [6, 6.07) is 8.42. The van der Waals surface area contributed by atoms with E-state index in [4.69, 9.17) is 5.73 Å². The first-order chi connectivity index (χ1) is 8.54. The lowest BCUT2D eigenvalue weighted by atomic mass is 9.99. The van der Waals surface area contributed by atoms with Gasteiger partial charge in [0.1, 0.15) is 0 Å². The quantitative estimate of drug-likeness (QED) is 0.900. The van der Waals surface area contributed by atoms with E-state index < -0.39 is 0 Å². The number of nitrogens with zero attached hydrogens (tertiary/aromatic N) is 2. The summed E-state index contributed by atoms with van der Waals surface area (Å²) in [6.45, 7) is 9.06. The minimum atomic E-state index is 0.351. The molecule has 0 fully saturated rings. The average molecular weight is 243 g/mol. The van der Waals surface area contributed by atoms with Crippen molar-refractivity contribution in [2.75, 3.05) is 6.54 Å². The van der Waals surface area contributed by atoms with Crippen LogP contribution in [0.3, 0.4) is 0 Å². The molecule has 0 aliphatic rings. The van der Waals surface area contributed by atoms with Crippen molar-refractivity contribution in [3.05, 3.63) is 46.8 Å². The van der Waals surface area contributed by atoms with E-state index in [0.717, 1.165) is 11.4 Å². The molecule has 1 heterocycles. The molecule has 1 unspecified atom stereocenters. The zero-order valence-electron chi connectivity index (χ0n) is 11.6. The highest BCUT2D eigenvalue weighted by molar-refractivity contribution is 5.39. The molecular weight excluding hydrogens is 222 g/mol. The summed E-state index contributed by atoms with van der Waals surface area (Å²) in [7, 11) is 0. The second-order valence-corrected chi connectivity index (χ2v) is 4.97. The Morgan fingerprint density at radius 2 is 1.78 bits per heavy atom. The molecule has 0 saturated heterocycles. The van der Waals surface area contributed by atoms with Gasteiger partial charge in [0, 0.05) is 11.3 Å². The molecule has 18 heavy (non-hydrogen) atoms. The smallest absolute Gasteiger partial charge is 0.0649 e. The highest BCUT2D eigenvalue weighted by Gasteiger charge is 2.17. The summed E-state index contributed by atoms with van der Waals surface area (Å²) in [6.07, 6.45) is 0. The van der Waals surface area contributed by atoms with Gasteiger partial charge in [0.05, 0.1) is 11.4 Å². The van der Waals surface area contributed by atoms with E-state index in [1.165, 1.54) is 16.8 Å². The van der Waals surface area contributed by atoms with E-state index in [2.05, 4.69) is 57.1 Å². The van der Waals surface area contributed by atoms with Gasteiger partial charge < -0.3 is 5.73 Å². The summed E-state index contributed by atoms with van der Waals surface area (Å²) in [5, 5.41) is 4.64. The maximum absolute atomic E-state index is 5.77. The van der Waals surface area contributed by atoms with Crippen molar-refractivity contribution in [1.29, 1.82) is 0 Å². The second kappa shape index (κ2) is 4.94. The predicted octanol–water partition coefficient (Wildman–Crippen LogP) is 2.86. The molecule has 1 aromatic carbocycles. The maximum atomic E-state index is 5.77. The number of rotatable bonds is 3. The van der Waals surface area contributed by atoms with E-state index in [0.29, 0.717) is 12.5 Å². The molecule has 1 atom stereocenters. The van der Waals surface area contributed by atoms with Crippen molar-refractivity contribution in [2.24, 2.45) is 5.73 Å². The number of hydrogen-bond acceptors (Lipinski definition) is 2. The van der Waals surface area contributed by atoms with Gasteiger partial charge in [0.15, 0.2) is 0 Å². The third kappa shape index (κ3) is 2.18. The zero-order chi connectivity index (χ0) is 13.3. The third-order valence-electron chi connectivity index (χ3n) is 3.47. The first kappa shape index (κ1) is 12.8. The lowest BCUT2D eigenvalue weighted by Gasteiger charge is -2.10. The minimum absolute atomic E-state index is 0.351. The molecule has 3 nitrogen and oxygen atoms in total. The van der Waals surface area contributed by atoms with Crippen molar-refractivity contribution in [2.45, 2.75) is 33.6 Å². The van der Waals surface area contributed by atoms with Crippen LogP contribution in [0.2, 0.25) is 0 Å². The van der Waals surface area contributed by atoms with Crippen molar-refractivity contribution in [3.8, 4) is 5.69 Å². The third-order valence-corrected chi connectivity index (χ3v) is 3.47. The zero-order valence-corrected chi connectivity index (χ0v) is 11.6. The first-order valence-electron chi connectivity index (χ1n) is 6.37. The maximum Gasteiger partial charge on any atom is 0.0649 e. The predicted molar refractivity (Wildman–Crippen MR) is 75.2 cm³/mol. The average Bonchev–Trinajstić information content (AvgIpc) is 2.65. The highest BCUT2D eigenvalue weighted by atomic mass is 15.3. The normalized spacial score (nSPS) is 12.7. The second-order valence-electron chi connectivity index (χ2n) is 4.97. The van der Waals surface area contributed by atoms with Gasteiger partial charge >= 0.3 is 0 Å². The van der Waals surface area contributed by atoms with Gasteiger partial charge in [-0.15, -0.1) is 0 Å². The molecule has 0 saturated carbocycles. The van der Waals surface area contributed by atoms with Crippen molar-refractivity contribution in [3.63, 3.8) is 0 Å². The summed E-state index contributed by atoms with van der Waals surface area (Å²) in [5.41, 5.74) is 11.7. The molecule has 0 aliphatic carbocycles. The summed E-state index contributed by atoms with van der Waals surface area (Å²) in [4.78, 5) is 0. The minimum Gasteiger partial charge on any atom is -0.330 e. The molecule has 2 rings (SSSR count). The van der Waals surface area contributed by atoms with E-state index in [-0.39, 0.29) is 0 Å². The largest absolute Gasteiger partial charge is 0.330 e. The Morgan fingerprint density at radius 3 is 2.33 bits per heavy atom. The standard InChI is InChI=1S/C15H21N3/c1-10-5-7-14(8-6-10)18-13(4)15(11(2)9-16)12(3)17-18/h5-8,11H,9,16H2,1-4H3. The van der Waals surface area contributed by atoms with E-state index in [1.807, 2.05) is 4.68 Å². The summed E-state index contributed by atoms with van der Waals surface area (Å²) in [5.74, 6) is 0.351. The number of benzene rings is 1. The Bertz CT molecular complexity index is 538. The fourth-order valence-electron chi connectivity index (χ4n) is 2.42. The highest BCUT2D eigenvalue weighted by Crippen LogP contribution is 2.24. The van der Waals surface area contributed by atoms with Crippen LogP contribution in [0, 0.1) is 20.8 Å². The Labute approximate surface area is 109 Å². The fourth-order valence-corrected chi connectivity index (χ4v) is 2.42. The summed E-state index contributed by atoms with van der Waals surface area (Å²) >= 11 is 0. The number of nitrogens with two attached hydrogens (primary N) is 1. The molecule has 0 aliphatic heterocycles. The van der Waals surface area contributed by atoms with Crippen LogP contribution < -0.4 is 5.73 Å². The van der Waals surface area contributed by atoms with Crippen LogP contribution in [-0.4, -0.2) is 16.3 Å². The SMILES string of the molecule is Cc1ccc(-n2nc(C)c(C(C)CN)c2C)cc1. The van der Waals surface area contributed by atoms with Crippen LogP contribution in [0.15, 0.2) is 24.3 Å². The monoisotopic (exact) mass is 243 g/mol. The van der Waals surface area contributed by atoms with E-state index >= 15 is 0 Å². The molecule has 3 heteroatoms. The topological polar surface area (TPSA) is 43.8 Å². The number of hydrogen-bond donors (Lipinski definition) is 1. The Balaban J connectivity index is 2.50. The molecule has 0 spiro atoms. The molecule has 0 radical (unpaired) electrons. The molecule has 2 N–H and O–H groups in total. The van der Waals surface area contributed by atoms with Crippen LogP contribution in [0.25, 0.3) is 5.69 Å². The van der Waals surface area contributed by atoms with E-state index in [9.17, 15) is 0 Å². The molecule has 0 bridgehead atoms. The van der Waals surface area contributed by atoms with Gasteiger partial charge in [0.2, 0.25) is 0 Å². The number of aromatic nitrogens is 2. The van der Waals surface area contributed by atoms with Crippen molar-refractivity contribution < 1.29 is 0 Å². The molecule has 2 aromatic rings. The lowest BCUT2D eigenvalue weighted by molar-refractivity contribution is 0.759.